The molecule has 0 saturated heterocycles. The Labute approximate surface area is 185 Å². The molecule has 3 atom stereocenters. The van der Waals surface area contributed by atoms with Gasteiger partial charge >= 0.3 is 5.97 Å². The van der Waals surface area contributed by atoms with Crippen LogP contribution in [0, 0.1) is 0 Å². The van der Waals surface area contributed by atoms with Gasteiger partial charge in [0.2, 0.25) is 5.91 Å². The summed E-state index contributed by atoms with van der Waals surface area (Å²) in [6, 6.07) is 11.6. The molecule has 2 aromatic rings. The molecule has 0 aliphatic heterocycles. The fourth-order valence-electron chi connectivity index (χ4n) is 2.89. The van der Waals surface area contributed by atoms with Crippen LogP contribution >= 0.6 is 23.2 Å². The summed E-state index contributed by atoms with van der Waals surface area (Å²) in [7, 11) is 0. The minimum Gasteiger partial charge on any atom is -0.464 e. The first-order valence-electron chi connectivity index (χ1n) is 9.26. The number of esters is 1. The van der Waals surface area contributed by atoms with Crippen LogP contribution in [0.3, 0.4) is 0 Å². The fraction of sp³-hybridized carbons (Fsp3) is 0.273. The number of benzene rings is 2. The Kier molecular flexibility index (Phi) is 8.87. The number of ether oxygens (including phenoxy) is 1. The molecule has 160 valence electrons. The van der Waals surface area contributed by atoms with E-state index < -0.39 is 30.1 Å². The summed E-state index contributed by atoms with van der Waals surface area (Å²) < 4.78 is 4.74. The molecule has 6 nitrogen and oxygen atoms in total. The molecule has 30 heavy (non-hydrogen) atoms. The molecule has 0 radical (unpaired) electrons. The maximum Gasteiger partial charge on any atom is 0.337 e. The number of carbonyl (C=O) groups is 2. The Hall–Kier alpha value is -2.38. The maximum absolute atomic E-state index is 11.8. The van der Waals surface area contributed by atoms with E-state index in [0.717, 1.165) is 22.8 Å². The highest BCUT2D eigenvalue weighted by molar-refractivity contribution is 6.35. The lowest BCUT2D eigenvalue weighted by atomic mass is 9.96. The van der Waals surface area contributed by atoms with E-state index in [-0.39, 0.29) is 13.0 Å². The van der Waals surface area contributed by atoms with Gasteiger partial charge in [-0.1, -0.05) is 54.0 Å². The van der Waals surface area contributed by atoms with Crippen molar-refractivity contribution in [2.75, 3.05) is 6.61 Å². The highest BCUT2D eigenvalue weighted by Crippen LogP contribution is 2.27. The molecule has 0 unspecified atom stereocenters. The van der Waals surface area contributed by atoms with Crippen LogP contribution in [-0.2, 0) is 20.7 Å². The molecule has 3 N–H and O–H groups in total. The first kappa shape index (κ1) is 23.9. The zero-order valence-corrected chi connectivity index (χ0v) is 17.9. The largest absolute Gasteiger partial charge is 0.464 e. The summed E-state index contributed by atoms with van der Waals surface area (Å²) >= 11 is 12.1. The van der Waals surface area contributed by atoms with Crippen molar-refractivity contribution in [3.05, 3.63) is 70.7 Å². The van der Waals surface area contributed by atoms with E-state index in [9.17, 15) is 19.8 Å². The Morgan fingerprint density at radius 2 is 1.70 bits per heavy atom. The molecule has 0 aliphatic carbocycles. The molecule has 2 rings (SSSR count). The number of rotatable bonds is 9. The van der Waals surface area contributed by atoms with Gasteiger partial charge in [0, 0.05) is 10.0 Å². The molecule has 0 saturated carbocycles. The predicted octanol–water partition coefficient (Wildman–Crippen LogP) is 3.16. The van der Waals surface area contributed by atoms with Gasteiger partial charge in [-0.25, -0.2) is 4.79 Å². The second-order valence-electron chi connectivity index (χ2n) is 6.57. The highest BCUT2D eigenvalue weighted by atomic mass is 35.5. The fourth-order valence-corrected chi connectivity index (χ4v) is 3.42. The van der Waals surface area contributed by atoms with Crippen LogP contribution < -0.4 is 5.32 Å². The number of halogens is 2. The Bertz CT molecular complexity index is 881. The average molecular weight is 452 g/mol. The van der Waals surface area contributed by atoms with Crippen LogP contribution in [0.1, 0.15) is 12.5 Å². The van der Waals surface area contributed by atoms with Crippen molar-refractivity contribution in [1.82, 2.24) is 5.32 Å². The minimum absolute atomic E-state index is 0.0568. The lowest BCUT2D eigenvalue weighted by Gasteiger charge is -2.26. The van der Waals surface area contributed by atoms with Crippen molar-refractivity contribution in [2.24, 2.45) is 0 Å². The Morgan fingerprint density at radius 1 is 1.10 bits per heavy atom. The molecule has 0 aromatic heterocycles. The van der Waals surface area contributed by atoms with Crippen LogP contribution in [0.2, 0.25) is 10.0 Å². The van der Waals surface area contributed by atoms with Crippen molar-refractivity contribution in [3.8, 4) is 11.1 Å². The molecular weight excluding hydrogens is 429 g/mol. The van der Waals surface area contributed by atoms with E-state index in [1.54, 1.807) is 37.3 Å². The van der Waals surface area contributed by atoms with E-state index >= 15 is 0 Å². The number of amides is 1. The second kappa shape index (κ2) is 11.1. The van der Waals surface area contributed by atoms with Crippen molar-refractivity contribution < 1.29 is 24.5 Å². The third kappa shape index (κ3) is 6.57. The zero-order chi connectivity index (χ0) is 22.3. The van der Waals surface area contributed by atoms with Gasteiger partial charge in [-0.15, -0.1) is 0 Å². The van der Waals surface area contributed by atoms with Gasteiger partial charge in [0.05, 0.1) is 12.6 Å². The molecule has 0 spiro atoms. The number of nitrogens with one attached hydrogen (secondary N) is 1. The lowest BCUT2D eigenvalue weighted by molar-refractivity contribution is -0.160. The molecular formula is C22H23Cl2NO5. The van der Waals surface area contributed by atoms with Crippen molar-refractivity contribution in [3.63, 3.8) is 0 Å². The van der Waals surface area contributed by atoms with Gasteiger partial charge in [0.1, 0.15) is 6.10 Å². The lowest BCUT2D eigenvalue weighted by Crippen LogP contribution is -2.52. The summed E-state index contributed by atoms with van der Waals surface area (Å²) in [5, 5.41) is 24.1. The number of hydrogen-bond donors (Lipinski definition) is 3. The van der Waals surface area contributed by atoms with Crippen LogP contribution in [0.15, 0.2) is 55.1 Å². The van der Waals surface area contributed by atoms with E-state index in [1.165, 1.54) is 0 Å². The maximum atomic E-state index is 11.8. The van der Waals surface area contributed by atoms with Gasteiger partial charge in [-0.2, -0.15) is 0 Å². The number of hydrogen-bond acceptors (Lipinski definition) is 5. The number of aliphatic hydroxyl groups excluding tert-OH is 2. The van der Waals surface area contributed by atoms with Crippen molar-refractivity contribution in [1.29, 1.82) is 0 Å². The summed E-state index contributed by atoms with van der Waals surface area (Å²) in [5.74, 6) is -1.50. The van der Waals surface area contributed by atoms with Crippen molar-refractivity contribution in [2.45, 2.75) is 31.6 Å². The molecule has 0 fully saturated rings. The third-order valence-corrected chi connectivity index (χ3v) is 4.82. The summed E-state index contributed by atoms with van der Waals surface area (Å²) in [5.41, 5.74) is 2.48. The average Bonchev–Trinajstić information content (AvgIpc) is 2.72. The van der Waals surface area contributed by atoms with E-state index in [0.29, 0.717) is 10.0 Å². The third-order valence-electron chi connectivity index (χ3n) is 4.38. The standard InChI is InChI=1S/C22H23Cl2NO5/c1-3-19(26)25-18(20(27)21(28)22(29)30-4-2)9-13-5-7-14(8-6-13)15-10-16(23)12-17(24)11-15/h3,5-8,10-12,18,20-21,27-28H,1,4,9H2,2H3,(H,25,26)/t18-,20+,21-/m1/s1. The predicted molar refractivity (Wildman–Crippen MR) is 116 cm³/mol. The number of carbonyl (C=O) groups excluding carboxylic acids is 2. The van der Waals surface area contributed by atoms with E-state index in [2.05, 4.69) is 11.9 Å². The van der Waals surface area contributed by atoms with Crippen LogP contribution in [0.25, 0.3) is 11.1 Å². The molecule has 8 heteroatoms. The highest BCUT2D eigenvalue weighted by Gasteiger charge is 2.33. The second-order valence-corrected chi connectivity index (χ2v) is 7.44. The summed E-state index contributed by atoms with van der Waals surface area (Å²) in [6.07, 6.45) is -2.16. The van der Waals surface area contributed by atoms with E-state index in [1.807, 2.05) is 12.1 Å². The topological polar surface area (TPSA) is 95.9 Å². The molecule has 1 amide bonds. The SMILES string of the molecule is C=CC(=O)N[C@H](Cc1ccc(-c2cc(Cl)cc(Cl)c2)cc1)[C@H](O)[C@@H](O)C(=O)OCC. The normalized spacial score (nSPS) is 13.8. The summed E-state index contributed by atoms with van der Waals surface area (Å²) in [6.45, 7) is 5.02. The van der Waals surface area contributed by atoms with Crippen molar-refractivity contribution >= 4 is 35.1 Å². The van der Waals surface area contributed by atoms with Gasteiger partial charge in [0.15, 0.2) is 6.10 Å². The zero-order valence-electron chi connectivity index (χ0n) is 16.3. The van der Waals surface area contributed by atoms with E-state index in [4.69, 9.17) is 27.9 Å². The van der Waals surface area contributed by atoms with Gasteiger partial charge in [0.25, 0.3) is 0 Å². The molecule has 0 bridgehead atoms. The minimum atomic E-state index is -1.80. The van der Waals surface area contributed by atoms with Gasteiger partial charge in [-0.05, 0) is 54.3 Å². The smallest absolute Gasteiger partial charge is 0.337 e. The first-order valence-corrected chi connectivity index (χ1v) is 10.0. The van der Waals surface area contributed by atoms with Gasteiger partial charge < -0.3 is 20.3 Å². The monoisotopic (exact) mass is 451 g/mol. The quantitative estimate of drug-likeness (QED) is 0.401. The van der Waals surface area contributed by atoms with Crippen LogP contribution in [0.5, 0.6) is 0 Å². The molecule has 2 aromatic carbocycles. The Morgan fingerprint density at radius 3 is 2.23 bits per heavy atom. The summed E-state index contributed by atoms with van der Waals surface area (Å²) in [4.78, 5) is 23.5. The molecule has 0 heterocycles. The van der Waals surface area contributed by atoms with Crippen LogP contribution in [-0.4, -0.2) is 46.9 Å². The first-order chi connectivity index (χ1) is 14.2. The molecule has 0 aliphatic rings. The Balaban J connectivity index is 2.21. The van der Waals surface area contributed by atoms with Crippen LogP contribution in [0.4, 0.5) is 0 Å². The van der Waals surface area contributed by atoms with Gasteiger partial charge in [-0.3, -0.25) is 4.79 Å². The number of aliphatic hydroxyl groups is 2.